The monoisotopic (exact) mass is 539 g/mol. The molecule has 0 radical (unpaired) electrons. The molecule has 2 aliphatic heterocycles. The third-order valence-electron chi connectivity index (χ3n) is 8.48. The Labute approximate surface area is 223 Å². The normalized spacial score (nSPS) is 24.1. The molecule has 1 spiro atoms. The third kappa shape index (κ3) is 4.43. The van der Waals surface area contributed by atoms with Crippen LogP contribution in [-0.4, -0.2) is 57.3 Å². The maximum absolute atomic E-state index is 13.8. The number of nitrogens with two attached hydrogens (primary N) is 1. The number of carbonyl (C=O) groups excluding carboxylic acids is 1. The predicted octanol–water partition coefficient (Wildman–Crippen LogP) is 3.37. The summed E-state index contributed by atoms with van der Waals surface area (Å²) >= 11 is 0. The zero-order valence-corrected chi connectivity index (χ0v) is 21.6. The summed E-state index contributed by atoms with van der Waals surface area (Å²) in [6.45, 7) is 3.99. The zero-order valence-electron chi connectivity index (χ0n) is 21.6. The fourth-order valence-corrected chi connectivity index (χ4v) is 6.36. The highest BCUT2D eigenvalue weighted by Gasteiger charge is 2.48. The van der Waals surface area contributed by atoms with Crippen LogP contribution < -0.4 is 21.3 Å². The number of nitrogen functional groups attached to an aromatic ring is 1. The molecule has 6 rings (SSSR count). The van der Waals surface area contributed by atoms with E-state index < -0.39 is 23.0 Å². The first-order valence-corrected chi connectivity index (χ1v) is 13.2. The summed E-state index contributed by atoms with van der Waals surface area (Å²) in [5.41, 5.74) is 6.19. The molecule has 1 aromatic carbocycles. The Kier molecular flexibility index (Phi) is 6.11. The molecule has 3 aromatic rings. The van der Waals surface area contributed by atoms with Crippen molar-refractivity contribution in [2.45, 2.75) is 56.1 Å². The lowest BCUT2D eigenvalue weighted by Gasteiger charge is -2.42. The molecule has 0 bridgehead atoms. The van der Waals surface area contributed by atoms with Crippen LogP contribution in [0.15, 0.2) is 41.3 Å². The molecular formula is C28H31F2N5O4. The number of fused-ring (bicyclic) bond motifs is 3. The largest absolute Gasteiger partial charge is 0.491 e. The van der Waals surface area contributed by atoms with Crippen molar-refractivity contribution in [3.8, 4) is 5.75 Å². The van der Waals surface area contributed by atoms with Gasteiger partial charge in [-0.1, -0.05) is 0 Å². The molecule has 2 aromatic heterocycles. The third-order valence-corrected chi connectivity index (χ3v) is 8.48. The van der Waals surface area contributed by atoms with Crippen molar-refractivity contribution >= 4 is 28.3 Å². The number of piperidine rings is 1. The Hall–Kier alpha value is -3.57. The Bertz CT molecular complexity index is 1510. The van der Waals surface area contributed by atoms with E-state index in [9.17, 15) is 23.5 Å². The van der Waals surface area contributed by atoms with Gasteiger partial charge in [-0.25, -0.2) is 13.8 Å². The van der Waals surface area contributed by atoms with E-state index in [-0.39, 0.29) is 28.5 Å². The number of nitrogens with zero attached hydrogens (tertiary/aromatic N) is 3. The molecule has 39 heavy (non-hydrogen) atoms. The topological polar surface area (TPSA) is 123 Å². The summed E-state index contributed by atoms with van der Waals surface area (Å²) in [5, 5.41) is 13.3. The fraction of sp³-hybridized carbons (Fsp3) is 0.464. The van der Waals surface area contributed by atoms with Crippen molar-refractivity contribution in [3.63, 3.8) is 0 Å². The van der Waals surface area contributed by atoms with E-state index in [1.54, 1.807) is 13.0 Å². The minimum absolute atomic E-state index is 0.0139. The van der Waals surface area contributed by atoms with E-state index in [1.807, 2.05) is 12.1 Å². The molecule has 0 atom stereocenters. The molecule has 11 heteroatoms. The highest BCUT2D eigenvalue weighted by Crippen LogP contribution is 2.46. The first kappa shape index (κ1) is 25.7. The van der Waals surface area contributed by atoms with Gasteiger partial charge >= 0.3 is 0 Å². The molecular weight excluding hydrogens is 508 g/mol. The second kappa shape index (κ2) is 9.27. The number of rotatable bonds is 6. The summed E-state index contributed by atoms with van der Waals surface area (Å²) < 4.78 is 34.9. The number of nitrogens with one attached hydrogen (secondary N) is 1. The van der Waals surface area contributed by atoms with Gasteiger partial charge in [-0.15, -0.1) is 0 Å². The van der Waals surface area contributed by atoms with Gasteiger partial charge in [0.15, 0.2) is 0 Å². The number of likely N-dealkylation sites (tertiary alicyclic amines) is 1. The Morgan fingerprint density at radius 3 is 2.64 bits per heavy atom. The number of aliphatic hydroxyl groups is 1. The van der Waals surface area contributed by atoms with Gasteiger partial charge in [-0.05, 0) is 75.5 Å². The molecule has 4 heterocycles. The summed E-state index contributed by atoms with van der Waals surface area (Å²) in [6.07, 6.45) is 0.637. The Balaban J connectivity index is 1.14. The smallest absolute Gasteiger partial charge is 0.264 e. The fourth-order valence-electron chi connectivity index (χ4n) is 6.36. The van der Waals surface area contributed by atoms with Crippen LogP contribution in [0.4, 0.5) is 20.2 Å². The molecule has 3 aliphatic rings. The SMILES string of the molecule is CC1(O)CC(n2c(=O)cc(C(F)F)c3cc(OCCN4CCC5(CC4)C(=O)Nc4ccc(N)cc45)cnc32)C1. The van der Waals surface area contributed by atoms with Crippen molar-refractivity contribution in [2.24, 2.45) is 0 Å². The van der Waals surface area contributed by atoms with E-state index in [1.165, 1.54) is 16.8 Å². The predicted molar refractivity (Wildman–Crippen MR) is 142 cm³/mol. The average molecular weight is 540 g/mol. The van der Waals surface area contributed by atoms with Crippen LogP contribution in [0, 0.1) is 0 Å². The molecule has 206 valence electrons. The lowest BCUT2D eigenvalue weighted by Crippen LogP contribution is -2.47. The van der Waals surface area contributed by atoms with Crippen LogP contribution >= 0.6 is 0 Å². The molecule has 9 nitrogen and oxygen atoms in total. The highest BCUT2D eigenvalue weighted by atomic mass is 19.3. The number of hydrogen-bond donors (Lipinski definition) is 3. The number of amides is 1. The van der Waals surface area contributed by atoms with E-state index in [0.717, 1.165) is 17.3 Å². The minimum atomic E-state index is -2.84. The summed E-state index contributed by atoms with van der Waals surface area (Å²) in [7, 11) is 0. The molecule has 4 N–H and O–H groups in total. The molecule has 2 fully saturated rings. The van der Waals surface area contributed by atoms with Gasteiger partial charge in [0.1, 0.15) is 18.0 Å². The number of hydrogen-bond acceptors (Lipinski definition) is 7. The van der Waals surface area contributed by atoms with Crippen LogP contribution in [0.3, 0.4) is 0 Å². The van der Waals surface area contributed by atoms with E-state index in [0.29, 0.717) is 63.4 Å². The minimum Gasteiger partial charge on any atom is -0.491 e. The lowest BCUT2D eigenvalue weighted by molar-refractivity contribution is -0.122. The van der Waals surface area contributed by atoms with Crippen LogP contribution in [0.2, 0.25) is 0 Å². The summed E-state index contributed by atoms with van der Waals surface area (Å²) in [5.74, 6) is 0.350. The summed E-state index contributed by atoms with van der Waals surface area (Å²) in [4.78, 5) is 32.1. The molecule has 1 saturated carbocycles. The highest BCUT2D eigenvalue weighted by molar-refractivity contribution is 6.06. The van der Waals surface area contributed by atoms with Gasteiger partial charge < -0.3 is 20.9 Å². The maximum Gasteiger partial charge on any atom is 0.264 e. The average Bonchev–Trinajstić information content (AvgIpc) is 3.13. The standard InChI is InChI=1S/C28H31F2N5O4/c1-27(38)13-17(14-27)35-23(36)12-19(24(29)30)20-11-18(15-32-25(20)35)39-9-8-34-6-4-28(5-7-34)21-10-16(31)2-3-22(21)33-26(28)37/h2-3,10-12,15,17,24,38H,4-9,13-14,31H2,1H3,(H,33,37). The molecule has 1 aliphatic carbocycles. The molecule has 1 saturated heterocycles. The number of ether oxygens (including phenoxy) is 1. The zero-order chi connectivity index (χ0) is 27.5. The van der Waals surface area contributed by atoms with E-state index in [4.69, 9.17) is 10.5 Å². The van der Waals surface area contributed by atoms with Crippen molar-refractivity contribution in [1.82, 2.24) is 14.5 Å². The second-order valence-corrected chi connectivity index (χ2v) is 11.2. The molecule has 1 amide bonds. The van der Waals surface area contributed by atoms with E-state index >= 15 is 0 Å². The molecule has 0 unspecified atom stereocenters. The Morgan fingerprint density at radius 1 is 1.21 bits per heavy atom. The number of benzene rings is 1. The number of pyridine rings is 2. The first-order chi connectivity index (χ1) is 18.6. The number of anilines is 2. The van der Waals surface area contributed by atoms with Crippen LogP contribution in [-0.2, 0) is 10.2 Å². The van der Waals surface area contributed by atoms with Crippen LogP contribution in [0.25, 0.3) is 11.0 Å². The van der Waals surface area contributed by atoms with Crippen molar-refractivity contribution < 1.29 is 23.4 Å². The van der Waals surface area contributed by atoms with E-state index in [2.05, 4.69) is 15.2 Å². The van der Waals surface area contributed by atoms with Crippen molar-refractivity contribution in [2.75, 3.05) is 37.3 Å². The van der Waals surface area contributed by atoms with Crippen LogP contribution in [0.5, 0.6) is 5.75 Å². The number of halogens is 2. The van der Waals surface area contributed by atoms with Crippen molar-refractivity contribution in [1.29, 1.82) is 0 Å². The van der Waals surface area contributed by atoms with Crippen molar-refractivity contribution in [3.05, 3.63) is 58.0 Å². The number of carbonyl (C=O) groups is 1. The van der Waals surface area contributed by atoms with Gasteiger partial charge in [-0.3, -0.25) is 19.1 Å². The van der Waals surface area contributed by atoms with Gasteiger partial charge in [0.2, 0.25) is 5.91 Å². The maximum atomic E-state index is 13.8. The quantitative estimate of drug-likeness (QED) is 0.411. The van der Waals surface area contributed by atoms with Gasteiger partial charge in [0, 0.05) is 41.0 Å². The van der Waals surface area contributed by atoms with Gasteiger partial charge in [0.05, 0.1) is 17.2 Å². The first-order valence-electron chi connectivity index (χ1n) is 13.2. The summed E-state index contributed by atoms with van der Waals surface area (Å²) in [6, 6.07) is 7.69. The lowest BCUT2D eigenvalue weighted by atomic mass is 9.73. The second-order valence-electron chi connectivity index (χ2n) is 11.2. The Morgan fingerprint density at radius 2 is 1.95 bits per heavy atom. The van der Waals surface area contributed by atoms with Gasteiger partial charge in [0.25, 0.3) is 12.0 Å². The number of alkyl halides is 2. The van der Waals surface area contributed by atoms with Crippen LogP contribution in [0.1, 0.15) is 56.2 Å². The number of aromatic nitrogens is 2. The van der Waals surface area contributed by atoms with Gasteiger partial charge in [-0.2, -0.15) is 0 Å².